The molecule has 0 aliphatic carbocycles. The Kier molecular flexibility index (Phi) is 5.89. The van der Waals surface area contributed by atoms with E-state index in [9.17, 15) is 9.59 Å². The Morgan fingerprint density at radius 1 is 1.37 bits per heavy atom. The number of ether oxygens (including phenoxy) is 1. The van der Waals surface area contributed by atoms with Gasteiger partial charge in [0.15, 0.2) is 0 Å². The number of carbonyl (C=O) groups is 2. The first kappa shape index (κ1) is 15.6. The maximum absolute atomic E-state index is 11.8. The summed E-state index contributed by atoms with van der Waals surface area (Å²) >= 11 is 1.55. The van der Waals surface area contributed by atoms with Gasteiger partial charge in [0.25, 0.3) is 0 Å². The van der Waals surface area contributed by atoms with E-state index in [0.29, 0.717) is 22.3 Å². The average Bonchev–Trinajstić information content (AvgIpc) is 2.37. The van der Waals surface area contributed by atoms with Crippen molar-refractivity contribution in [3.63, 3.8) is 0 Å². The van der Waals surface area contributed by atoms with Crippen molar-refractivity contribution in [1.29, 1.82) is 0 Å². The van der Waals surface area contributed by atoms with Gasteiger partial charge in [0, 0.05) is 0 Å². The molecule has 0 saturated heterocycles. The number of aryl methyl sites for hydroxylation is 1. The molecule has 1 amide bonds. The average molecular weight is 281 g/mol. The summed E-state index contributed by atoms with van der Waals surface area (Å²) < 4.78 is 4.72. The molecule has 0 atom stereocenters. The van der Waals surface area contributed by atoms with E-state index in [2.05, 4.69) is 5.32 Å². The molecule has 0 radical (unpaired) electrons. The van der Waals surface area contributed by atoms with Gasteiger partial charge in [-0.05, 0) is 24.3 Å². The normalized spacial score (nSPS) is 10.4. The molecule has 0 heterocycles. The molecule has 0 bridgehead atoms. The quantitative estimate of drug-likeness (QED) is 0.843. The minimum absolute atomic E-state index is 0.118. The molecule has 1 rings (SSSR count). The molecule has 0 unspecified atom stereocenters. The van der Waals surface area contributed by atoms with Gasteiger partial charge in [-0.15, -0.1) is 11.8 Å². The highest BCUT2D eigenvalue weighted by molar-refractivity contribution is 8.00. The number of amides is 1. The number of thioether (sulfide) groups is 1. The van der Waals surface area contributed by atoms with E-state index in [1.165, 1.54) is 7.11 Å². The van der Waals surface area contributed by atoms with Crippen LogP contribution in [0, 0.1) is 6.92 Å². The number of esters is 1. The Hall–Kier alpha value is -1.49. The van der Waals surface area contributed by atoms with Crippen molar-refractivity contribution in [3.05, 3.63) is 29.3 Å². The van der Waals surface area contributed by atoms with Crippen molar-refractivity contribution >= 4 is 29.3 Å². The van der Waals surface area contributed by atoms with Crippen LogP contribution in [-0.4, -0.2) is 30.0 Å². The highest BCUT2D eigenvalue weighted by Gasteiger charge is 2.14. The van der Waals surface area contributed by atoms with Crippen LogP contribution >= 0.6 is 11.8 Å². The number of rotatable bonds is 5. The van der Waals surface area contributed by atoms with Crippen molar-refractivity contribution < 1.29 is 14.3 Å². The van der Waals surface area contributed by atoms with Crippen molar-refractivity contribution in [3.8, 4) is 0 Å². The van der Waals surface area contributed by atoms with Crippen LogP contribution in [-0.2, 0) is 9.53 Å². The number of anilines is 1. The smallest absolute Gasteiger partial charge is 0.339 e. The highest BCUT2D eigenvalue weighted by atomic mass is 32.2. The lowest BCUT2D eigenvalue weighted by Gasteiger charge is -2.11. The van der Waals surface area contributed by atoms with E-state index in [1.807, 2.05) is 26.8 Å². The Bertz CT molecular complexity index is 472. The molecule has 0 spiro atoms. The monoisotopic (exact) mass is 281 g/mol. The van der Waals surface area contributed by atoms with Gasteiger partial charge < -0.3 is 10.1 Å². The Morgan fingerprint density at radius 2 is 2.05 bits per heavy atom. The van der Waals surface area contributed by atoms with Gasteiger partial charge in [-0.25, -0.2) is 4.79 Å². The maximum atomic E-state index is 11.8. The molecule has 1 N–H and O–H groups in total. The minimum atomic E-state index is -0.449. The van der Waals surface area contributed by atoms with Crippen LogP contribution in [0.15, 0.2) is 18.2 Å². The van der Waals surface area contributed by atoms with Crippen LogP contribution in [0.3, 0.4) is 0 Å². The molecular formula is C14H19NO3S. The van der Waals surface area contributed by atoms with Gasteiger partial charge >= 0.3 is 5.97 Å². The topological polar surface area (TPSA) is 55.4 Å². The zero-order valence-corrected chi connectivity index (χ0v) is 12.5. The summed E-state index contributed by atoms with van der Waals surface area (Å²) in [7, 11) is 1.32. The van der Waals surface area contributed by atoms with Gasteiger partial charge in [-0.3, -0.25) is 4.79 Å². The minimum Gasteiger partial charge on any atom is -0.465 e. The zero-order chi connectivity index (χ0) is 14.4. The van der Waals surface area contributed by atoms with Crippen LogP contribution in [0.4, 0.5) is 5.69 Å². The number of carbonyl (C=O) groups excluding carboxylic acids is 2. The van der Waals surface area contributed by atoms with Gasteiger partial charge in [-0.1, -0.05) is 25.5 Å². The summed E-state index contributed by atoms with van der Waals surface area (Å²) in [5, 5.41) is 3.14. The number of methoxy groups -OCH3 is 1. The standard InChI is InChI=1S/C14H19NO3S/c1-9(2)19-8-13(16)15-12-6-5-10(3)7-11(12)14(17)18-4/h5-7,9H,8H2,1-4H3,(H,15,16). The van der Waals surface area contributed by atoms with Crippen LogP contribution in [0.2, 0.25) is 0 Å². The van der Waals surface area contributed by atoms with E-state index in [0.717, 1.165) is 5.56 Å². The number of hydrogen-bond acceptors (Lipinski definition) is 4. The number of benzene rings is 1. The van der Waals surface area contributed by atoms with Gasteiger partial charge in [-0.2, -0.15) is 0 Å². The van der Waals surface area contributed by atoms with E-state index in [-0.39, 0.29) is 5.91 Å². The van der Waals surface area contributed by atoms with Crippen molar-refractivity contribution in [2.45, 2.75) is 26.0 Å². The fourth-order valence-corrected chi connectivity index (χ4v) is 2.03. The fraction of sp³-hybridized carbons (Fsp3) is 0.429. The molecule has 19 heavy (non-hydrogen) atoms. The summed E-state index contributed by atoms with van der Waals surface area (Å²) in [6, 6.07) is 5.27. The van der Waals surface area contributed by atoms with Crippen molar-refractivity contribution in [2.24, 2.45) is 0 Å². The Morgan fingerprint density at radius 3 is 2.63 bits per heavy atom. The molecule has 0 aliphatic heterocycles. The number of hydrogen-bond donors (Lipinski definition) is 1. The predicted octanol–water partition coefficient (Wildman–Crippen LogP) is 2.86. The largest absolute Gasteiger partial charge is 0.465 e. The zero-order valence-electron chi connectivity index (χ0n) is 11.6. The lowest BCUT2D eigenvalue weighted by atomic mass is 10.1. The molecular weight excluding hydrogens is 262 g/mol. The van der Waals surface area contributed by atoms with Crippen molar-refractivity contribution in [1.82, 2.24) is 0 Å². The third kappa shape index (κ3) is 4.95. The predicted molar refractivity (Wildman–Crippen MR) is 78.7 cm³/mol. The lowest BCUT2D eigenvalue weighted by Crippen LogP contribution is -2.18. The Labute approximate surface area is 117 Å². The Balaban J connectivity index is 2.82. The molecule has 104 valence electrons. The molecule has 0 fully saturated rings. The molecule has 0 saturated carbocycles. The van der Waals surface area contributed by atoms with Crippen molar-refractivity contribution in [2.75, 3.05) is 18.2 Å². The summed E-state index contributed by atoms with van der Waals surface area (Å²) in [6.07, 6.45) is 0. The van der Waals surface area contributed by atoms with E-state index in [1.54, 1.807) is 23.9 Å². The van der Waals surface area contributed by atoms with Crippen LogP contribution < -0.4 is 5.32 Å². The third-order valence-corrected chi connectivity index (χ3v) is 3.50. The first-order valence-electron chi connectivity index (χ1n) is 6.04. The number of nitrogens with one attached hydrogen (secondary N) is 1. The fourth-order valence-electron chi connectivity index (χ4n) is 1.47. The van der Waals surface area contributed by atoms with Crippen LogP contribution in [0.25, 0.3) is 0 Å². The van der Waals surface area contributed by atoms with Gasteiger partial charge in [0.1, 0.15) is 0 Å². The van der Waals surface area contributed by atoms with Gasteiger partial charge in [0.2, 0.25) is 5.91 Å². The van der Waals surface area contributed by atoms with E-state index < -0.39 is 5.97 Å². The second-order valence-electron chi connectivity index (χ2n) is 4.45. The highest BCUT2D eigenvalue weighted by Crippen LogP contribution is 2.19. The summed E-state index contributed by atoms with van der Waals surface area (Å²) in [5.41, 5.74) is 1.81. The lowest BCUT2D eigenvalue weighted by molar-refractivity contribution is -0.113. The summed E-state index contributed by atoms with van der Waals surface area (Å²) in [4.78, 5) is 23.4. The summed E-state index contributed by atoms with van der Waals surface area (Å²) in [5.74, 6) is -0.199. The molecule has 1 aromatic rings. The van der Waals surface area contributed by atoms with Gasteiger partial charge in [0.05, 0.1) is 24.1 Å². The molecule has 0 aromatic heterocycles. The molecule has 5 heteroatoms. The first-order valence-corrected chi connectivity index (χ1v) is 7.09. The van der Waals surface area contributed by atoms with E-state index >= 15 is 0 Å². The van der Waals surface area contributed by atoms with E-state index in [4.69, 9.17) is 4.74 Å². The second kappa shape index (κ2) is 7.19. The molecule has 0 aliphatic rings. The maximum Gasteiger partial charge on any atom is 0.339 e. The summed E-state index contributed by atoms with van der Waals surface area (Å²) in [6.45, 7) is 5.94. The third-order valence-electron chi connectivity index (χ3n) is 2.40. The molecule has 4 nitrogen and oxygen atoms in total. The second-order valence-corrected chi connectivity index (χ2v) is 6.01. The SMILES string of the molecule is COC(=O)c1cc(C)ccc1NC(=O)CSC(C)C. The molecule has 1 aromatic carbocycles. The van der Waals surface area contributed by atoms with Crippen LogP contribution in [0.5, 0.6) is 0 Å². The van der Waals surface area contributed by atoms with Crippen LogP contribution in [0.1, 0.15) is 29.8 Å². The first-order chi connectivity index (χ1) is 8.93.